The Balaban J connectivity index is 2.31. The number of hydrogen-bond acceptors (Lipinski definition) is 5. The topological polar surface area (TPSA) is 74.2 Å². The first-order chi connectivity index (χ1) is 7.70. The van der Waals surface area contributed by atoms with Gasteiger partial charge in [-0.1, -0.05) is 16.8 Å². The molecule has 2 aromatic rings. The maximum atomic E-state index is 5.88. The van der Waals surface area contributed by atoms with Crippen LogP contribution in [0.5, 0.6) is 0 Å². The van der Waals surface area contributed by atoms with Crippen molar-refractivity contribution >= 4 is 27.5 Å². The molecule has 0 aliphatic heterocycles. The van der Waals surface area contributed by atoms with E-state index < -0.39 is 0 Å². The maximum absolute atomic E-state index is 5.88. The molecular weight excluding hydrogens is 297 g/mol. The highest BCUT2D eigenvalue weighted by Crippen LogP contribution is 2.27. The van der Waals surface area contributed by atoms with Crippen LogP contribution in [-0.2, 0) is 11.4 Å². The van der Waals surface area contributed by atoms with E-state index in [9.17, 15) is 0 Å². The average molecular weight is 305 g/mol. The summed E-state index contributed by atoms with van der Waals surface area (Å²) in [4.78, 5) is 8.49. The predicted octanol–water partition coefficient (Wildman–Crippen LogP) is 2.54. The lowest BCUT2D eigenvalue weighted by Crippen LogP contribution is -1.98. The van der Waals surface area contributed by atoms with Gasteiger partial charge in [0.25, 0.3) is 5.89 Å². The van der Waals surface area contributed by atoms with E-state index >= 15 is 0 Å². The van der Waals surface area contributed by atoms with Crippen molar-refractivity contribution in [2.45, 2.75) is 6.61 Å². The normalized spacial score (nSPS) is 10.7. The standard InChI is InChI=1S/C9H7BrClN3O2/c10-6-3-5(1-2-7(6)11)9-13-8(4-15-12)16-14-9/h1-3H,4,12H2. The smallest absolute Gasteiger partial charge is 0.255 e. The molecule has 5 nitrogen and oxygen atoms in total. The van der Waals surface area contributed by atoms with E-state index in [0.29, 0.717) is 16.7 Å². The first kappa shape index (κ1) is 11.5. The molecule has 0 aliphatic carbocycles. The van der Waals surface area contributed by atoms with Crippen molar-refractivity contribution in [2.24, 2.45) is 5.90 Å². The third kappa shape index (κ3) is 2.41. The Labute approximate surface area is 105 Å². The summed E-state index contributed by atoms with van der Waals surface area (Å²) >= 11 is 9.19. The van der Waals surface area contributed by atoms with Crippen molar-refractivity contribution in [1.29, 1.82) is 0 Å². The lowest BCUT2D eigenvalue weighted by molar-refractivity contribution is 0.0996. The molecule has 84 valence electrons. The highest BCUT2D eigenvalue weighted by molar-refractivity contribution is 9.10. The van der Waals surface area contributed by atoms with Crippen LogP contribution >= 0.6 is 27.5 Å². The van der Waals surface area contributed by atoms with Crippen LogP contribution in [0.15, 0.2) is 27.2 Å². The van der Waals surface area contributed by atoms with Crippen LogP contribution in [0.2, 0.25) is 5.02 Å². The SMILES string of the molecule is NOCc1nc(-c2ccc(Cl)c(Br)c2)no1. The molecule has 0 spiro atoms. The van der Waals surface area contributed by atoms with Gasteiger partial charge in [-0.2, -0.15) is 4.98 Å². The van der Waals surface area contributed by atoms with E-state index in [0.717, 1.165) is 10.0 Å². The molecule has 0 bridgehead atoms. The summed E-state index contributed by atoms with van der Waals surface area (Å²) in [6.45, 7) is 0.0851. The van der Waals surface area contributed by atoms with E-state index in [1.165, 1.54) is 0 Å². The fourth-order valence-electron chi connectivity index (χ4n) is 1.14. The summed E-state index contributed by atoms with van der Waals surface area (Å²) in [7, 11) is 0. The summed E-state index contributed by atoms with van der Waals surface area (Å²) < 4.78 is 5.69. The molecule has 0 saturated carbocycles. The molecule has 7 heteroatoms. The van der Waals surface area contributed by atoms with Crippen molar-refractivity contribution in [3.63, 3.8) is 0 Å². The second kappa shape index (κ2) is 4.92. The summed E-state index contributed by atoms with van der Waals surface area (Å²) in [5.41, 5.74) is 0.795. The maximum Gasteiger partial charge on any atom is 0.255 e. The summed E-state index contributed by atoms with van der Waals surface area (Å²) in [5, 5.41) is 4.41. The molecular formula is C9H7BrClN3O2. The minimum absolute atomic E-state index is 0.0851. The van der Waals surface area contributed by atoms with Crippen LogP contribution in [-0.4, -0.2) is 10.1 Å². The molecule has 0 unspecified atom stereocenters. The third-order valence-corrected chi connectivity index (χ3v) is 3.07. The number of aromatic nitrogens is 2. The van der Waals surface area contributed by atoms with E-state index in [1.807, 2.05) is 0 Å². The largest absolute Gasteiger partial charge is 0.336 e. The highest BCUT2D eigenvalue weighted by atomic mass is 79.9. The monoisotopic (exact) mass is 303 g/mol. The van der Waals surface area contributed by atoms with Crippen LogP contribution in [0.4, 0.5) is 0 Å². The molecule has 0 atom stereocenters. The van der Waals surface area contributed by atoms with Gasteiger partial charge >= 0.3 is 0 Å². The molecule has 0 aliphatic rings. The number of hydrogen-bond donors (Lipinski definition) is 1. The summed E-state index contributed by atoms with van der Waals surface area (Å²) in [6, 6.07) is 5.35. The van der Waals surface area contributed by atoms with Gasteiger partial charge in [0, 0.05) is 10.0 Å². The van der Waals surface area contributed by atoms with Gasteiger partial charge in [0.1, 0.15) is 6.61 Å². The van der Waals surface area contributed by atoms with E-state index in [4.69, 9.17) is 22.0 Å². The quantitative estimate of drug-likeness (QED) is 0.882. The molecule has 1 heterocycles. The van der Waals surface area contributed by atoms with Crippen molar-refractivity contribution in [1.82, 2.24) is 10.1 Å². The van der Waals surface area contributed by atoms with Gasteiger partial charge in [-0.25, -0.2) is 5.90 Å². The van der Waals surface area contributed by atoms with E-state index in [1.54, 1.807) is 18.2 Å². The Bertz CT molecular complexity index is 503. The van der Waals surface area contributed by atoms with Crippen LogP contribution < -0.4 is 5.90 Å². The molecule has 0 amide bonds. The summed E-state index contributed by atoms with van der Waals surface area (Å²) in [6.07, 6.45) is 0. The fourth-order valence-corrected chi connectivity index (χ4v) is 1.63. The van der Waals surface area contributed by atoms with Gasteiger partial charge in [0.15, 0.2) is 0 Å². The molecule has 0 saturated heterocycles. The van der Waals surface area contributed by atoms with Gasteiger partial charge in [0.2, 0.25) is 5.82 Å². The molecule has 0 fully saturated rings. The molecule has 16 heavy (non-hydrogen) atoms. The number of nitrogens with two attached hydrogens (primary N) is 1. The number of benzene rings is 1. The minimum atomic E-state index is 0.0851. The highest BCUT2D eigenvalue weighted by Gasteiger charge is 2.09. The predicted molar refractivity (Wildman–Crippen MR) is 61.4 cm³/mol. The first-order valence-electron chi connectivity index (χ1n) is 4.30. The molecule has 2 rings (SSSR count). The van der Waals surface area contributed by atoms with Gasteiger partial charge < -0.3 is 4.52 Å². The Morgan fingerprint density at radius 3 is 3.00 bits per heavy atom. The van der Waals surface area contributed by atoms with E-state index in [-0.39, 0.29) is 6.61 Å². The van der Waals surface area contributed by atoms with Crippen LogP contribution in [0.1, 0.15) is 5.89 Å². The van der Waals surface area contributed by atoms with Crippen molar-refractivity contribution in [3.8, 4) is 11.4 Å². The molecule has 0 radical (unpaired) electrons. The Hall–Kier alpha value is -0.950. The zero-order valence-corrected chi connectivity index (χ0v) is 10.3. The summed E-state index contributed by atoms with van der Waals surface area (Å²) in [5.74, 6) is 5.68. The molecule has 2 N–H and O–H groups in total. The van der Waals surface area contributed by atoms with Gasteiger partial charge in [-0.3, -0.25) is 4.84 Å². The van der Waals surface area contributed by atoms with Gasteiger partial charge in [-0.15, -0.1) is 0 Å². The Morgan fingerprint density at radius 1 is 1.50 bits per heavy atom. The molecule has 1 aromatic heterocycles. The van der Waals surface area contributed by atoms with Crippen LogP contribution in [0.25, 0.3) is 11.4 Å². The number of nitrogens with zero attached hydrogens (tertiary/aromatic N) is 2. The zero-order valence-electron chi connectivity index (χ0n) is 7.98. The minimum Gasteiger partial charge on any atom is -0.336 e. The second-order valence-corrected chi connectivity index (χ2v) is 4.21. The first-order valence-corrected chi connectivity index (χ1v) is 5.47. The zero-order chi connectivity index (χ0) is 11.5. The lowest BCUT2D eigenvalue weighted by atomic mass is 10.2. The number of rotatable bonds is 3. The van der Waals surface area contributed by atoms with Crippen molar-refractivity contribution in [2.75, 3.05) is 0 Å². The van der Waals surface area contributed by atoms with Gasteiger partial charge in [-0.05, 0) is 34.1 Å². The van der Waals surface area contributed by atoms with Crippen molar-refractivity contribution in [3.05, 3.63) is 33.6 Å². The number of halogens is 2. The Morgan fingerprint density at radius 2 is 2.31 bits per heavy atom. The van der Waals surface area contributed by atoms with Crippen molar-refractivity contribution < 1.29 is 9.36 Å². The van der Waals surface area contributed by atoms with Crippen LogP contribution in [0.3, 0.4) is 0 Å². The van der Waals surface area contributed by atoms with Gasteiger partial charge in [0.05, 0.1) is 5.02 Å². The second-order valence-electron chi connectivity index (χ2n) is 2.95. The third-order valence-electron chi connectivity index (χ3n) is 1.85. The average Bonchev–Trinajstić information content (AvgIpc) is 2.71. The molecule has 1 aromatic carbocycles. The fraction of sp³-hybridized carbons (Fsp3) is 0.111. The lowest BCUT2D eigenvalue weighted by Gasteiger charge is -1.97. The van der Waals surface area contributed by atoms with E-state index in [2.05, 4.69) is 30.9 Å². The Kier molecular flexibility index (Phi) is 3.55. The van der Waals surface area contributed by atoms with Crippen LogP contribution in [0, 0.1) is 0 Å².